The maximum Gasteiger partial charge on any atom is 0.191 e. The summed E-state index contributed by atoms with van der Waals surface area (Å²) in [5.41, 5.74) is 1.26. The van der Waals surface area contributed by atoms with Gasteiger partial charge in [0.05, 0.1) is 20.3 Å². The first-order valence-corrected chi connectivity index (χ1v) is 10.6. The largest absolute Gasteiger partial charge is 0.493 e. The van der Waals surface area contributed by atoms with Crippen molar-refractivity contribution in [1.82, 2.24) is 15.5 Å². The molecule has 1 atom stereocenters. The Bertz CT molecular complexity index is 617. The molecule has 0 aromatic heterocycles. The van der Waals surface area contributed by atoms with Crippen molar-refractivity contribution in [2.24, 2.45) is 4.99 Å². The number of nitrogens with one attached hydrogen (secondary N) is 2. The van der Waals surface area contributed by atoms with Crippen LogP contribution in [0.25, 0.3) is 0 Å². The maximum atomic E-state index is 5.67. The second-order valence-corrected chi connectivity index (χ2v) is 7.41. The van der Waals surface area contributed by atoms with Gasteiger partial charge in [-0.3, -0.25) is 9.89 Å². The summed E-state index contributed by atoms with van der Waals surface area (Å²) in [6, 6.07) is 7.41. The lowest BCUT2D eigenvalue weighted by molar-refractivity contribution is 0.253. The summed E-state index contributed by atoms with van der Waals surface area (Å²) in [6.45, 7) is 9.55. The van der Waals surface area contributed by atoms with Gasteiger partial charge in [-0.25, -0.2) is 0 Å². The number of ether oxygens (including phenoxy) is 2. The zero-order valence-electron chi connectivity index (χ0n) is 18.3. The lowest BCUT2D eigenvalue weighted by Crippen LogP contribution is -2.40. The van der Waals surface area contributed by atoms with E-state index in [1.54, 1.807) is 7.11 Å². The minimum atomic E-state index is 0.472. The standard InChI is InChI=1S/C22H38N4O2/c1-6-23-22(25-16-17(3)26(4)19-11-12-19)24-14-8-9-18-10-13-20(27-5)21(15-18)28-7-2/h10,13,15,17,19H,6-9,11-12,14,16H2,1-5H3,(H2,23,24,25). The summed E-state index contributed by atoms with van der Waals surface area (Å²) in [5, 5.41) is 6.80. The number of hydrogen-bond donors (Lipinski definition) is 2. The summed E-state index contributed by atoms with van der Waals surface area (Å²) in [6.07, 6.45) is 4.68. The second-order valence-electron chi connectivity index (χ2n) is 7.41. The molecule has 0 saturated heterocycles. The fourth-order valence-electron chi connectivity index (χ4n) is 3.18. The van der Waals surface area contributed by atoms with E-state index in [4.69, 9.17) is 14.5 Å². The molecular formula is C22H38N4O2. The summed E-state index contributed by atoms with van der Waals surface area (Å²) in [7, 11) is 3.88. The van der Waals surface area contributed by atoms with Gasteiger partial charge in [-0.15, -0.1) is 0 Å². The Hall–Kier alpha value is -1.95. The van der Waals surface area contributed by atoms with Crippen LogP contribution in [0.15, 0.2) is 23.2 Å². The highest BCUT2D eigenvalue weighted by molar-refractivity contribution is 5.79. The molecular weight excluding hydrogens is 352 g/mol. The third-order valence-electron chi connectivity index (χ3n) is 5.14. The fraction of sp³-hybridized carbons (Fsp3) is 0.682. The van der Waals surface area contributed by atoms with E-state index in [2.05, 4.69) is 48.6 Å². The molecule has 0 radical (unpaired) electrons. The molecule has 0 bridgehead atoms. The van der Waals surface area contributed by atoms with E-state index in [-0.39, 0.29) is 0 Å². The first-order valence-electron chi connectivity index (χ1n) is 10.6. The molecule has 6 heteroatoms. The van der Waals surface area contributed by atoms with Crippen LogP contribution in [0.3, 0.4) is 0 Å². The number of benzene rings is 1. The highest BCUT2D eigenvalue weighted by Crippen LogP contribution is 2.28. The van der Waals surface area contributed by atoms with Crippen LogP contribution in [0.5, 0.6) is 11.5 Å². The van der Waals surface area contributed by atoms with E-state index < -0.39 is 0 Å². The van der Waals surface area contributed by atoms with Crippen molar-refractivity contribution in [3.63, 3.8) is 0 Å². The number of guanidine groups is 1. The molecule has 1 aliphatic rings. The number of likely N-dealkylation sites (N-methyl/N-ethyl adjacent to an activating group) is 1. The van der Waals surface area contributed by atoms with Crippen molar-refractivity contribution in [2.75, 3.05) is 40.4 Å². The zero-order chi connectivity index (χ0) is 20.4. The highest BCUT2D eigenvalue weighted by atomic mass is 16.5. The second kappa shape index (κ2) is 11.8. The number of rotatable bonds is 12. The van der Waals surface area contributed by atoms with Gasteiger partial charge in [-0.2, -0.15) is 0 Å². The average Bonchev–Trinajstić information content (AvgIpc) is 3.54. The predicted octanol–water partition coefficient (Wildman–Crippen LogP) is 3.06. The van der Waals surface area contributed by atoms with Crippen molar-refractivity contribution in [2.45, 2.75) is 58.5 Å². The number of aryl methyl sites for hydroxylation is 1. The van der Waals surface area contributed by atoms with Crippen LogP contribution in [0.4, 0.5) is 0 Å². The smallest absolute Gasteiger partial charge is 0.191 e. The van der Waals surface area contributed by atoms with Gasteiger partial charge in [-0.05, 0) is 71.2 Å². The molecule has 0 spiro atoms. The van der Waals surface area contributed by atoms with Gasteiger partial charge >= 0.3 is 0 Å². The van der Waals surface area contributed by atoms with E-state index >= 15 is 0 Å². The van der Waals surface area contributed by atoms with Gasteiger partial charge in [0, 0.05) is 25.2 Å². The molecule has 0 heterocycles. The van der Waals surface area contributed by atoms with Crippen LogP contribution in [0.1, 0.15) is 45.6 Å². The Labute approximate surface area is 170 Å². The number of methoxy groups -OCH3 is 1. The fourth-order valence-corrected chi connectivity index (χ4v) is 3.18. The minimum Gasteiger partial charge on any atom is -0.493 e. The molecule has 1 aliphatic carbocycles. The molecule has 1 aromatic carbocycles. The average molecular weight is 391 g/mol. The monoisotopic (exact) mass is 390 g/mol. The van der Waals surface area contributed by atoms with Crippen LogP contribution >= 0.6 is 0 Å². The zero-order valence-corrected chi connectivity index (χ0v) is 18.3. The molecule has 0 amide bonds. The molecule has 0 aliphatic heterocycles. The third-order valence-corrected chi connectivity index (χ3v) is 5.14. The van der Waals surface area contributed by atoms with Crippen molar-refractivity contribution in [3.8, 4) is 11.5 Å². The third kappa shape index (κ3) is 7.23. The number of nitrogens with zero attached hydrogens (tertiary/aromatic N) is 2. The Morgan fingerprint density at radius 2 is 2.04 bits per heavy atom. The molecule has 28 heavy (non-hydrogen) atoms. The van der Waals surface area contributed by atoms with E-state index in [0.29, 0.717) is 12.6 Å². The summed E-state index contributed by atoms with van der Waals surface area (Å²) in [4.78, 5) is 7.22. The van der Waals surface area contributed by atoms with E-state index in [1.165, 1.54) is 18.4 Å². The molecule has 158 valence electrons. The normalized spacial score (nSPS) is 15.4. The van der Waals surface area contributed by atoms with Gasteiger partial charge < -0.3 is 20.1 Å². The Balaban J connectivity index is 1.78. The predicted molar refractivity (Wildman–Crippen MR) is 117 cm³/mol. The van der Waals surface area contributed by atoms with Crippen LogP contribution in [0, 0.1) is 0 Å². The minimum absolute atomic E-state index is 0.472. The van der Waals surface area contributed by atoms with Crippen molar-refractivity contribution in [1.29, 1.82) is 0 Å². The summed E-state index contributed by atoms with van der Waals surface area (Å²) >= 11 is 0. The number of aliphatic imine (C=N–C) groups is 1. The molecule has 1 saturated carbocycles. The molecule has 2 rings (SSSR count). The SMILES string of the molecule is CCNC(=NCC(C)N(C)C1CC1)NCCCc1ccc(OC)c(OCC)c1. The summed E-state index contributed by atoms with van der Waals surface area (Å²) in [5.74, 6) is 2.51. The van der Waals surface area contributed by atoms with Gasteiger partial charge in [-0.1, -0.05) is 6.07 Å². The van der Waals surface area contributed by atoms with Gasteiger partial charge in [0.25, 0.3) is 0 Å². The first kappa shape index (κ1) is 22.3. The molecule has 1 fully saturated rings. The van der Waals surface area contributed by atoms with Gasteiger partial charge in [0.2, 0.25) is 0 Å². The first-order chi connectivity index (χ1) is 13.6. The Morgan fingerprint density at radius 3 is 2.68 bits per heavy atom. The van der Waals surface area contributed by atoms with Crippen LogP contribution in [0.2, 0.25) is 0 Å². The number of hydrogen-bond acceptors (Lipinski definition) is 4. The van der Waals surface area contributed by atoms with E-state index in [0.717, 1.165) is 56.0 Å². The van der Waals surface area contributed by atoms with Crippen molar-refractivity contribution < 1.29 is 9.47 Å². The van der Waals surface area contributed by atoms with Crippen molar-refractivity contribution in [3.05, 3.63) is 23.8 Å². The van der Waals surface area contributed by atoms with Gasteiger partial charge in [0.15, 0.2) is 17.5 Å². The van der Waals surface area contributed by atoms with Gasteiger partial charge in [0.1, 0.15) is 0 Å². The van der Waals surface area contributed by atoms with Crippen LogP contribution in [-0.4, -0.2) is 63.3 Å². The maximum absolute atomic E-state index is 5.67. The highest BCUT2D eigenvalue weighted by Gasteiger charge is 2.28. The lowest BCUT2D eigenvalue weighted by Gasteiger charge is -2.23. The topological polar surface area (TPSA) is 58.1 Å². The van der Waals surface area contributed by atoms with Crippen molar-refractivity contribution >= 4 is 5.96 Å². The molecule has 1 aromatic rings. The van der Waals surface area contributed by atoms with Crippen LogP contribution in [-0.2, 0) is 6.42 Å². The van der Waals surface area contributed by atoms with Crippen LogP contribution < -0.4 is 20.1 Å². The summed E-state index contributed by atoms with van der Waals surface area (Å²) < 4.78 is 11.0. The lowest BCUT2D eigenvalue weighted by atomic mass is 10.1. The Kier molecular flexibility index (Phi) is 9.41. The van der Waals surface area contributed by atoms with E-state index in [1.807, 2.05) is 13.0 Å². The molecule has 2 N–H and O–H groups in total. The quantitative estimate of drug-likeness (QED) is 0.326. The molecule has 1 unspecified atom stereocenters. The van der Waals surface area contributed by atoms with E-state index in [9.17, 15) is 0 Å². The Morgan fingerprint density at radius 1 is 1.25 bits per heavy atom. The molecule has 6 nitrogen and oxygen atoms in total.